The molecule has 4 nitrogen and oxygen atoms in total. The zero-order valence-corrected chi connectivity index (χ0v) is 11.9. The molecule has 0 aliphatic carbocycles. The Balaban J connectivity index is 2.80. The van der Waals surface area contributed by atoms with Gasteiger partial charge in [-0.3, -0.25) is 0 Å². The Kier molecular flexibility index (Phi) is 6.97. The van der Waals surface area contributed by atoms with Gasteiger partial charge in [0, 0.05) is 0 Å². The summed E-state index contributed by atoms with van der Waals surface area (Å²) in [5, 5.41) is 3.21. The number of carbonyl (C=O) groups is 1. The first kappa shape index (κ1) is 15.5. The van der Waals surface area contributed by atoms with Crippen LogP contribution in [0, 0.1) is 0 Å². The number of nitrogens with one attached hydrogen (secondary N) is 1. The number of ether oxygens (including phenoxy) is 2. The molecule has 1 unspecified atom stereocenters. The lowest BCUT2D eigenvalue weighted by atomic mass is 10.1. The second-order valence-corrected chi connectivity index (χ2v) is 4.14. The van der Waals surface area contributed by atoms with Crippen molar-refractivity contribution < 1.29 is 14.3 Å². The summed E-state index contributed by atoms with van der Waals surface area (Å²) in [6.45, 7) is 7.62. The van der Waals surface area contributed by atoms with Crippen LogP contribution in [0.2, 0.25) is 0 Å². The fraction of sp³-hybridized carbons (Fsp3) is 0.533. The molecule has 0 aromatic heterocycles. The van der Waals surface area contributed by atoms with Crippen LogP contribution in [0.5, 0.6) is 5.75 Å². The third kappa shape index (κ3) is 4.91. The van der Waals surface area contributed by atoms with Gasteiger partial charge in [0.25, 0.3) is 0 Å². The minimum Gasteiger partial charge on any atom is -0.494 e. The number of rotatable bonds is 8. The van der Waals surface area contributed by atoms with Gasteiger partial charge in [-0.15, -0.1) is 0 Å². The highest BCUT2D eigenvalue weighted by Gasteiger charge is 2.20. The molecule has 0 saturated carbocycles. The molecular formula is C15H23NO3. The fourth-order valence-electron chi connectivity index (χ4n) is 1.77. The lowest BCUT2D eigenvalue weighted by Gasteiger charge is -2.17. The van der Waals surface area contributed by atoms with Crippen LogP contribution in [0.1, 0.15) is 38.8 Å². The first-order valence-electron chi connectivity index (χ1n) is 6.85. The van der Waals surface area contributed by atoms with Crippen LogP contribution in [0.3, 0.4) is 0 Å². The maximum atomic E-state index is 11.9. The van der Waals surface area contributed by atoms with Gasteiger partial charge in [-0.05, 0) is 44.5 Å². The topological polar surface area (TPSA) is 47.6 Å². The fourth-order valence-corrected chi connectivity index (χ4v) is 1.77. The highest BCUT2D eigenvalue weighted by molar-refractivity contribution is 5.77. The van der Waals surface area contributed by atoms with Crippen molar-refractivity contribution in [3.63, 3.8) is 0 Å². The quantitative estimate of drug-likeness (QED) is 0.734. The van der Waals surface area contributed by atoms with E-state index in [4.69, 9.17) is 9.47 Å². The van der Waals surface area contributed by atoms with Gasteiger partial charge in [0.05, 0.1) is 13.2 Å². The summed E-state index contributed by atoms with van der Waals surface area (Å²) in [4.78, 5) is 11.9. The largest absolute Gasteiger partial charge is 0.494 e. The standard InChI is InChI=1S/C15H23NO3/c1-4-11-16-14(15(17)19-6-3)12-7-9-13(10-8-12)18-5-2/h7-10,14,16H,4-6,11H2,1-3H3. The van der Waals surface area contributed by atoms with E-state index in [1.165, 1.54) is 0 Å². The van der Waals surface area contributed by atoms with Crippen LogP contribution in [0.15, 0.2) is 24.3 Å². The van der Waals surface area contributed by atoms with Crippen LogP contribution < -0.4 is 10.1 Å². The molecule has 0 aliphatic rings. The Morgan fingerprint density at radius 1 is 1.16 bits per heavy atom. The Morgan fingerprint density at radius 2 is 1.84 bits per heavy atom. The Labute approximate surface area is 115 Å². The molecule has 4 heteroatoms. The molecule has 0 fully saturated rings. The van der Waals surface area contributed by atoms with Gasteiger partial charge in [-0.25, -0.2) is 4.79 Å². The molecule has 0 spiro atoms. The lowest BCUT2D eigenvalue weighted by Crippen LogP contribution is -2.30. The second kappa shape index (κ2) is 8.53. The van der Waals surface area contributed by atoms with Crippen LogP contribution in [0.4, 0.5) is 0 Å². The number of hydrogen-bond donors (Lipinski definition) is 1. The molecule has 1 aromatic carbocycles. The minimum atomic E-state index is -0.407. The smallest absolute Gasteiger partial charge is 0.327 e. The van der Waals surface area contributed by atoms with Gasteiger partial charge in [-0.1, -0.05) is 19.1 Å². The minimum absolute atomic E-state index is 0.236. The summed E-state index contributed by atoms with van der Waals surface area (Å²) in [6.07, 6.45) is 0.965. The maximum absolute atomic E-state index is 11.9. The van der Waals surface area contributed by atoms with Gasteiger partial charge in [0.15, 0.2) is 0 Å². The normalized spacial score (nSPS) is 11.9. The molecule has 0 bridgehead atoms. The average Bonchev–Trinajstić information content (AvgIpc) is 2.41. The van der Waals surface area contributed by atoms with Gasteiger partial charge in [0.1, 0.15) is 11.8 Å². The van der Waals surface area contributed by atoms with Crippen LogP contribution >= 0.6 is 0 Å². The Bertz CT molecular complexity index is 375. The number of benzene rings is 1. The van der Waals surface area contributed by atoms with Crippen molar-refractivity contribution in [2.45, 2.75) is 33.2 Å². The van der Waals surface area contributed by atoms with Crippen LogP contribution in [0.25, 0.3) is 0 Å². The number of hydrogen-bond acceptors (Lipinski definition) is 4. The predicted octanol–water partition coefficient (Wildman–Crippen LogP) is 2.69. The average molecular weight is 265 g/mol. The summed E-state index contributed by atoms with van der Waals surface area (Å²) in [5.41, 5.74) is 0.898. The first-order valence-corrected chi connectivity index (χ1v) is 6.85. The first-order chi connectivity index (χ1) is 9.22. The third-order valence-corrected chi connectivity index (χ3v) is 2.65. The molecule has 19 heavy (non-hydrogen) atoms. The zero-order valence-electron chi connectivity index (χ0n) is 11.9. The van der Waals surface area contributed by atoms with Crippen LogP contribution in [-0.2, 0) is 9.53 Å². The Hall–Kier alpha value is -1.55. The molecule has 1 rings (SSSR count). The van der Waals surface area contributed by atoms with E-state index in [1.54, 1.807) is 0 Å². The summed E-state index contributed by atoms with van der Waals surface area (Å²) >= 11 is 0. The van der Waals surface area contributed by atoms with E-state index in [1.807, 2.05) is 38.1 Å². The van der Waals surface area contributed by atoms with Crippen molar-refractivity contribution >= 4 is 5.97 Å². The monoisotopic (exact) mass is 265 g/mol. The third-order valence-electron chi connectivity index (χ3n) is 2.65. The van der Waals surface area contributed by atoms with Crippen molar-refractivity contribution in [2.24, 2.45) is 0 Å². The van der Waals surface area contributed by atoms with Crippen molar-refractivity contribution in [2.75, 3.05) is 19.8 Å². The molecule has 1 atom stereocenters. The summed E-state index contributed by atoms with van der Waals surface area (Å²) in [6, 6.07) is 7.14. The highest BCUT2D eigenvalue weighted by atomic mass is 16.5. The number of carbonyl (C=O) groups excluding carboxylic acids is 1. The molecule has 0 saturated heterocycles. The molecule has 0 heterocycles. The predicted molar refractivity (Wildman–Crippen MR) is 75.3 cm³/mol. The molecule has 0 aliphatic heterocycles. The van der Waals surface area contributed by atoms with Crippen molar-refractivity contribution in [3.05, 3.63) is 29.8 Å². The van der Waals surface area contributed by atoms with E-state index >= 15 is 0 Å². The molecule has 1 N–H and O–H groups in total. The van der Waals surface area contributed by atoms with Crippen molar-refractivity contribution in [3.8, 4) is 5.75 Å². The van der Waals surface area contributed by atoms with E-state index in [-0.39, 0.29) is 5.97 Å². The molecule has 106 valence electrons. The second-order valence-electron chi connectivity index (χ2n) is 4.14. The van der Waals surface area contributed by atoms with Gasteiger partial charge >= 0.3 is 5.97 Å². The van der Waals surface area contributed by atoms with Crippen molar-refractivity contribution in [1.82, 2.24) is 5.32 Å². The Morgan fingerprint density at radius 3 is 2.37 bits per heavy atom. The molecular weight excluding hydrogens is 242 g/mol. The molecule has 1 aromatic rings. The van der Waals surface area contributed by atoms with Gasteiger partial charge in [0.2, 0.25) is 0 Å². The van der Waals surface area contributed by atoms with E-state index < -0.39 is 6.04 Å². The summed E-state index contributed by atoms with van der Waals surface area (Å²) in [7, 11) is 0. The SMILES string of the molecule is CCCNC(C(=O)OCC)c1ccc(OCC)cc1. The molecule has 0 amide bonds. The van der Waals surface area contributed by atoms with E-state index in [0.717, 1.165) is 24.3 Å². The van der Waals surface area contributed by atoms with E-state index in [2.05, 4.69) is 12.2 Å². The lowest BCUT2D eigenvalue weighted by molar-refractivity contribution is -0.145. The highest BCUT2D eigenvalue weighted by Crippen LogP contribution is 2.19. The molecule has 0 radical (unpaired) electrons. The van der Waals surface area contributed by atoms with Crippen LogP contribution in [-0.4, -0.2) is 25.7 Å². The summed E-state index contributed by atoms with van der Waals surface area (Å²) < 4.78 is 10.5. The van der Waals surface area contributed by atoms with E-state index in [0.29, 0.717) is 13.2 Å². The number of esters is 1. The maximum Gasteiger partial charge on any atom is 0.327 e. The van der Waals surface area contributed by atoms with E-state index in [9.17, 15) is 4.79 Å². The summed E-state index contributed by atoms with van der Waals surface area (Å²) in [5.74, 6) is 0.574. The van der Waals surface area contributed by atoms with Gasteiger partial charge in [-0.2, -0.15) is 0 Å². The van der Waals surface area contributed by atoms with Gasteiger partial charge < -0.3 is 14.8 Å². The van der Waals surface area contributed by atoms with Crippen molar-refractivity contribution in [1.29, 1.82) is 0 Å². The zero-order chi connectivity index (χ0) is 14.1.